The Labute approximate surface area is 90.6 Å². The summed E-state index contributed by atoms with van der Waals surface area (Å²) < 4.78 is 0. The fourth-order valence-corrected chi connectivity index (χ4v) is 4.13. The molecule has 13 heavy (non-hydrogen) atoms. The lowest BCUT2D eigenvalue weighted by Gasteiger charge is -2.29. The van der Waals surface area contributed by atoms with E-state index in [1.54, 1.807) is 0 Å². The van der Waals surface area contributed by atoms with E-state index in [1.807, 2.05) is 0 Å². The van der Waals surface area contributed by atoms with E-state index >= 15 is 0 Å². The van der Waals surface area contributed by atoms with Gasteiger partial charge in [-0.2, -0.15) is 0 Å². The van der Waals surface area contributed by atoms with Crippen molar-refractivity contribution in [2.75, 3.05) is 5.33 Å². The predicted molar refractivity (Wildman–Crippen MR) is 61.3 cm³/mol. The fourth-order valence-electron chi connectivity index (χ4n) is 3.34. The minimum atomic E-state index is 0.717. The Morgan fingerprint density at radius 3 is 2.15 bits per heavy atom. The average molecular weight is 245 g/mol. The number of rotatable bonds is 3. The molecule has 2 rings (SSSR count). The highest BCUT2D eigenvalue weighted by atomic mass is 79.9. The van der Waals surface area contributed by atoms with Crippen LogP contribution in [0.2, 0.25) is 0 Å². The van der Waals surface area contributed by atoms with Crippen molar-refractivity contribution >= 4 is 15.9 Å². The lowest BCUT2D eigenvalue weighted by molar-refractivity contribution is 0.257. The molecule has 76 valence electrons. The molecule has 0 aromatic carbocycles. The highest BCUT2D eigenvalue weighted by molar-refractivity contribution is 9.09. The average Bonchev–Trinajstić information content (AvgIpc) is 2.77. The maximum atomic E-state index is 3.74. The molecule has 0 atom stereocenters. The Hall–Kier alpha value is 0.480. The van der Waals surface area contributed by atoms with Gasteiger partial charge < -0.3 is 0 Å². The SMILES string of the molecule is BrCC1(CC2CCCC2)CCCC1. The molecule has 2 fully saturated rings. The lowest BCUT2D eigenvalue weighted by atomic mass is 9.79. The van der Waals surface area contributed by atoms with Crippen molar-refractivity contribution in [2.24, 2.45) is 11.3 Å². The Bertz CT molecular complexity index is 153. The van der Waals surface area contributed by atoms with E-state index in [4.69, 9.17) is 0 Å². The smallest absolute Gasteiger partial charge is 0.00880 e. The topological polar surface area (TPSA) is 0 Å². The monoisotopic (exact) mass is 244 g/mol. The van der Waals surface area contributed by atoms with Crippen molar-refractivity contribution in [1.29, 1.82) is 0 Å². The second kappa shape index (κ2) is 4.33. The summed E-state index contributed by atoms with van der Waals surface area (Å²) in [4.78, 5) is 0. The first kappa shape index (κ1) is 10.0. The highest BCUT2D eigenvalue weighted by Crippen LogP contribution is 2.47. The van der Waals surface area contributed by atoms with E-state index in [0.717, 1.165) is 11.3 Å². The molecule has 0 amide bonds. The normalized spacial score (nSPS) is 28.4. The largest absolute Gasteiger partial charge is 0.0922 e. The van der Waals surface area contributed by atoms with Crippen LogP contribution < -0.4 is 0 Å². The minimum absolute atomic E-state index is 0.717. The van der Waals surface area contributed by atoms with Gasteiger partial charge in [0.25, 0.3) is 0 Å². The molecule has 0 bridgehead atoms. The number of halogens is 1. The molecule has 0 aromatic heterocycles. The second-order valence-corrected chi connectivity index (χ2v) is 5.76. The standard InChI is InChI=1S/C12H21Br/c13-10-12(7-3-4-8-12)9-11-5-1-2-6-11/h11H,1-10H2. The molecule has 1 heteroatoms. The van der Waals surface area contributed by atoms with Gasteiger partial charge in [0.05, 0.1) is 0 Å². The number of alkyl halides is 1. The molecular weight excluding hydrogens is 224 g/mol. The van der Waals surface area contributed by atoms with Crippen LogP contribution in [0.4, 0.5) is 0 Å². The van der Waals surface area contributed by atoms with E-state index in [1.165, 1.54) is 63.1 Å². The molecule has 0 aliphatic heterocycles. The van der Waals surface area contributed by atoms with E-state index in [9.17, 15) is 0 Å². The molecule has 0 saturated heterocycles. The zero-order valence-electron chi connectivity index (χ0n) is 8.53. The Morgan fingerprint density at radius 2 is 1.62 bits per heavy atom. The summed E-state index contributed by atoms with van der Waals surface area (Å²) in [5.41, 5.74) is 0.717. The molecule has 0 heterocycles. The molecular formula is C12H21Br. The van der Waals surface area contributed by atoms with Crippen molar-refractivity contribution in [1.82, 2.24) is 0 Å². The Balaban J connectivity index is 1.88. The fraction of sp³-hybridized carbons (Fsp3) is 1.00. The van der Waals surface area contributed by atoms with Gasteiger partial charge in [-0.3, -0.25) is 0 Å². The predicted octanol–water partition coefficient (Wildman–Crippen LogP) is 4.52. The van der Waals surface area contributed by atoms with Crippen molar-refractivity contribution in [3.05, 3.63) is 0 Å². The summed E-state index contributed by atoms with van der Waals surface area (Å²) in [6, 6.07) is 0. The molecule has 0 radical (unpaired) electrons. The molecule has 0 spiro atoms. The van der Waals surface area contributed by atoms with Crippen LogP contribution >= 0.6 is 15.9 Å². The minimum Gasteiger partial charge on any atom is -0.0922 e. The van der Waals surface area contributed by atoms with Crippen LogP contribution in [0.3, 0.4) is 0 Å². The van der Waals surface area contributed by atoms with Crippen LogP contribution in [-0.4, -0.2) is 5.33 Å². The number of hydrogen-bond acceptors (Lipinski definition) is 0. The third kappa shape index (κ3) is 2.29. The molecule has 2 aliphatic rings. The first-order valence-electron chi connectivity index (χ1n) is 5.91. The van der Waals surface area contributed by atoms with Crippen molar-refractivity contribution < 1.29 is 0 Å². The van der Waals surface area contributed by atoms with E-state index in [2.05, 4.69) is 15.9 Å². The second-order valence-electron chi connectivity index (χ2n) is 5.20. The zero-order chi connectivity index (χ0) is 9.15. The molecule has 2 saturated carbocycles. The van der Waals surface area contributed by atoms with Crippen molar-refractivity contribution in [2.45, 2.75) is 57.8 Å². The maximum absolute atomic E-state index is 3.74. The summed E-state index contributed by atoms with van der Waals surface area (Å²) in [5, 5.41) is 1.26. The molecule has 0 N–H and O–H groups in total. The molecule has 0 aromatic rings. The van der Waals surface area contributed by atoms with Gasteiger partial charge >= 0.3 is 0 Å². The lowest BCUT2D eigenvalue weighted by Crippen LogP contribution is -2.21. The van der Waals surface area contributed by atoms with Crippen LogP contribution in [0.15, 0.2) is 0 Å². The first-order chi connectivity index (χ1) is 6.35. The van der Waals surface area contributed by atoms with Crippen molar-refractivity contribution in [3.63, 3.8) is 0 Å². The summed E-state index contributed by atoms with van der Waals surface area (Å²) in [5.74, 6) is 1.08. The van der Waals surface area contributed by atoms with Gasteiger partial charge in [0, 0.05) is 5.33 Å². The van der Waals surface area contributed by atoms with Crippen LogP contribution in [0.25, 0.3) is 0 Å². The van der Waals surface area contributed by atoms with Crippen LogP contribution in [0, 0.1) is 11.3 Å². The summed E-state index contributed by atoms with van der Waals surface area (Å²) in [6.45, 7) is 0. The number of hydrogen-bond donors (Lipinski definition) is 0. The quantitative estimate of drug-likeness (QED) is 0.641. The first-order valence-corrected chi connectivity index (χ1v) is 7.03. The van der Waals surface area contributed by atoms with E-state index in [-0.39, 0.29) is 0 Å². The Kier molecular flexibility index (Phi) is 3.34. The van der Waals surface area contributed by atoms with E-state index in [0.29, 0.717) is 0 Å². The van der Waals surface area contributed by atoms with Gasteiger partial charge in [-0.1, -0.05) is 54.5 Å². The summed E-state index contributed by atoms with van der Waals surface area (Å²) in [7, 11) is 0. The van der Waals surface area contributed by atoms with Gasteiger partial charge in [-0.15, -0.1) is 0 Å². The van der Waals surface area contributed by atoms with E-state index < -0.39 is 0 Å². The van der Waals surface area contributed by atoms with Crippen molar-refractivity contribution in [3.8, 4) is 0 Å². The van der Waals surface area contributed by atoms with Gasteiger partial charge in [0.15, 0.2) is 0 Å². The third-order valence-electron chi connectivity index (χ3n) is 4.14. The van der Waals surface area contributed by atoms with Crippen LogP contribution in [0.5, 0.6) is 0 Å². The Morgan fingerprint density at radius 1 is 1.00 bits per heavy atom. The summed E-state index contributed by atoms with van der Waals surface area (Å²) in [6.07, 6.45) is 13.5. The molecule has 0 nitrogen and oxygen atoms in total. The molecule has 2 aliphatic carbocycles. The van der Waals surface area contributed by atoms with Gasteiger partial charge in [0.1, 0.15) is 0 Å². The third-order valence-corrected chi connectivity index (χ3v) is 5.33. The van der Waals surface area contributed by atoms with Gasteiger partial charge in [-0.25, -0.2) is 0 Å². The zero-order valence-corrected chi connectivity index (χ0v) is 10.1. The highest BCUT2D eigenvalue weighted by Gasteiger charge is 2.35. The summed E-state index contributed by atoms with van der Waals surface area (Å²) >= 11 is 3.74. The van der Waals surface area contributed by atoms with Gasteiger partial charge in [-0.05, 0) is 30.6 Å². The van der Waals surface area contributed by atoms with Crippen LogP contribution in [-0.2, 0) is 0 Å². The van der Waals surface area contributed by atoms with Gasteiger partial charge in [0.2, 0.25) is 0 Å². The maximum Gasteiger partial charge on any atom is 0.00880 e. The van der Waals surface area contributed by atoms with Crippen LogP contribution in [0.1, 0.15) is 57.8 Å². The molecule has 0 unspecified atom stereocenters.